The topological polar surface area (TPSA) is 76.6 Å². The minimum Gasteiger partial charge on any atom is -0.486 e. The molecular weight excluding hydrogens is 444 g/mol. The van der Waals surface area contributed by atoms with Crippen molar-refractivity contribution in [1.29, 1.82) is 0 Å². The lowest BCUT2D eigenvalue weighted by molar-refractivity contribution is -0.0707. The largest absolute Gasteiger partial charge is 0.486 e. The van der Waals surface area contributed by atoms with Crippen molar-refractivity contribution < 1.29 is 14.3 Å². The molecule has 1 fully saturated rings. The molecular formula is C23H28N4O3S2. The zero-order chi connectivity index (χ0) is 22.7. The number of nitrogens with one attached hydrogen (secondary N) is 1. The van der Waals surface area contributed by atoms with Gasteiger partial charge in [0, 0.05) is 25.0 Å². The standard InChI is InChI=1S/C23H28N4O3S2/c1-14-5-7-19(8-6-14)29-12-20-24-17(4)21(32-20)22(28)26-23-25-18(13-31-23)11-27-9-15(2)30-16(3)10-27/h5-8,13,15-16H,9-12H2,1-4H3,(H,25,26,28). The average molecular weight is 473 g/mol. The van der Waals surface area contributed by atoms with Crippen LogP contribution in [-0.4, -0.2) is 46.1 Å². The Morgan fingerprint density at radius 3 is 2.62 bits per heavy atom. The van der Waals surface area contributed by atoms with E-state index in [2.05, 4.69) is 34.0 Å². The molecule has 2 aromatic heterocycles. The molecule has 1 N–H and O–H groups in total. The average Bonchev–Trinajstić information content (AvgIpc) is 3.32. The highest BCUT2D eigenvalue weighted by Gasteiger charge is 2.23. The number of rotatable bonds is 7. The van der Waals surface area contributed by atoms with Gasteiger partial charge in [-0.15, -0.1) is 22.7 Å². The molecule has 3 heterocycles. The number of amides is 1. The summed E-state index contributed by atoms with van der Waals surface area (Å²) in [6.07, 6.45) is 0.435. The SMILES string of the molecule is Cc1ccc(OCc2nc(C)c(C(=O)Nc3nc(CN4CC(C)OC(C)C4)cs3)s2)cc1. The van der Waals surface area contributed by atoms with Crippen LogP contribution in [0.4, 0.5) is 5.13 Å². The predicted molar refractivity (Wildman–Crippen MR) is 128 cm³/mol. The molecule has 0 aliphatic carbocycles. The molecule has 32 heavy (non-hydrogen) atoms. The summed E-state index contributed by atoms with van der Waals surface area (Å²) in [7, 11) is 0. The van der Waals surface area contributed by atoms with Crippen LogP contribution in [0.1, 0.15) is 45.5 Å². The molecule has 1 aromatic carbocycles. The molecule has 1 aliphatic heterocycles. The van der Waals surface area contributed by atoms with Gasteiger partial charge in [-0.1, -0.05) is 17.7 Å². The molecule has 3 aromatic rings. The van der Waals surface area contributed by atoms with E-state index >= 15 is 0 Å². The van der Waals surface area contributed by atoms with E-state index in [9.17, 15) is 4.79 Å². The van der Waals surface area contributed by atoms with Crippen molar-refractivity contribution in [2.24, 2.45) is 0 Å². The molecule has 0 bridgehead atoms. The van der Waals surface area contributed by atoms with Gasteiger partial charge < -0.3 is 9.47 Å². The summed E-state index contributed by atoms with van der Waals surface area (Å²) >= 11 is 2.79. The van der Waals surface area contributed by atoms with Crippen LogP contribution in [0.2, 0.25) is 0 Å². The molecule has 2 atom stereocenters. The Morgan fingerprint density at radius 2 is 1.91 bits per heavy atom. The highest BCUT2D eigenvalue weighted by atomic mass is 32.1. The molecule has 1 amide bonds. The van der Waals surface area contributed by atoms with Crippen molar-refractivity contribution in [3.63, 3.8) is 0 Å². The van der Waals surface area contributed by atoms with Gasteiger partial charge in [0.15, 0.2) is 5.13 Å². The van der Waals surface area contributed by atoms with Gasteiger partial charge >= 0.3 is 0 Å². The number of morpholine rings is 1. The number of hydrogen-bond acceptors (Lipinski definition) is 8. The highest BCUT2D eigenvalue weighted by molar-refractivity contribution is 7.15. The number of carbonyl (C=O) groups excluding carboxylic acids is 1. The van der Waals surface area contributed by atoms with Gasteiger partial charge in [0.25, 0.3) is 5.91 Å². The van der Waals surface area contributed by atoms with Crippen molar-refractivity contribution in [1.82, 2.24) is 14.9 Å². The van der Waals surface area contributed by atoms with Crippen LogP contribution in [0.5, 0.6) is 5.75 Å². The minimum absolute atomic E-state index is 0.184. The number of aromatic nitrogens is 2. The second-order valence-electron chi connectivity index (χ2n) is 8.17. The van der Waals surface area contributed by atoms with Gasteiger partial charge in [-0.25, -0.2) is 9.97 Å². The summed E-state index contributed by atoms with van der Waals surface area (Å²) in [5.41, 5.74) is 2.84. The van der Waals surface area contributed by atoms with Gasteiger partial charge in [0.1, 0.15) is 22.2 Å². The van der Waals surface area contributed by atoms with Crippen molar-refractivity contribution in [3.05, 3.63) is 56.5 Å². The highest BCUT2D eigenvalue weighted by Crippen LogP contribution is 2.24. The lowest BCUT2D eigenvalue weighted by atomic mass is 10.2. The lowest BCUT2D eigenvalue weighted by Crippen LogP contribution is -2.44. The van der Waals surface area contributed by atoms with Gasteiger partial charge in [-0.3, -0.25) is 15.0 Å². The molecule has 2 unspecified atom stereocenters. The first kappa shape index (κ1) is 22.8. The molecule has 1 aliphatic rings. The van der Waals surface area contributed by atoms with Crippen LogP contribution in [-0.2, 0) is 17.9 Å². The molecule has 9 heteroatoms. The third-order valence-electron chi connectivity index (χ3n) is 5.08. The van der Waals surface area contributed by atoms with E-state index in [0.29, 0.717) is 22.3 Å². The summed E-state index contributed by atoms with van der Waals surface area (Å²) < 4.78 is 11.6. The molecule has 7 nitrogen and oxygen atoms in total. The smallest absolute Gasteiger partial charge is 0.269 e. The van der Waals surface area contributed by atoms with E-state index < -0.39 is 0 Å². The van der Waals surface area contributed by atoms with Crippen molar-refractivity contribution in [2.75, 3.05) is 18.4 Å². The maximum Gasteiger partial charge on any atom is 0.269 e. The van der Waals surface area contributed by atoms with Crippen LogP contribution < -0.4 is 10.1 Å². The molecule has 0 spiro atoms. The number of ether oxygens (including phenoxy) is 2. The normalized spacial score (nSPS) is 19.1. The Labute approximate surface area is 196 Å². The minimum atomic E-state index is -0.184. The fourth-order valence-corrected chi connectivity index (χ4v) is 5.31. The monoisotopic (exact) mass is 472 g/mol. The summed E-state index contributed by atoms with van der Waals surface area (Å²) in [6, 6.07) is 7.87. The van der Waals surface area contributed by atoms with Crippen molar-refractivity contribution >= 4 is 33.7 Å². The second kappa shape index (κ2) is 10.1. The third kappa shape index (κ3) is 5.92. The van der Waals surface area contributed by atoms with E-state index in [-0.39, 0.29) is 18.1 Å². The Bertz CT molecular complexity index is 1050. The van der Waals surface area contributed by atoms with E-state index in [4.69, 9.17) is 9.47 Å². The maximum atomic E-state index is 12.8. The molecule has 0 radical (unpaired) electrons. The van der Waals surface area contributed by atoms with Crippen LogP contribution >= 0.6 is 22.7 Å². The second-order valence-corrected chi connectivity index (χ2v) is 10.1. The first-order valence-electron chi connectivity index (χ1n) is 10.6. The first-order valence-corrected chi connectivity index (χ1v) is 12.3. The van der Waals surface area contributed by atoms with Crippen LogP contribution in [0.25, 0.3) is 0 Å². The van der Waals surface area contributed by atoms with Crippen LogP contribution in [0.15, 0.2) is 29.6 Å². The quantitative estimate of drug-likeness (QED) is 0.539. The Kier molecular flexibility index (Phi) is 7.20. The Morgan fingerprint density at radius 1 is 1.19 bits per heavy atom. The lowest BCUT2D eigenvalue weighted by Gasteiger charge is -2.34. The van der Waals surface area contributed by atoms with E-state index in [1.807, 2.05) is 43.5 Å². The molecule has 0 saturated carbocycles. The number of anilines is 1. The van der Waals surface area contributed by atoms with Gasteiger partial charge in [-0.05, 0) is 39.8 Å². The molecule has 1 saturated heterocycles. The molecule has 4 rings (SSSR count). The van der Waals surface area contributed by atoms with E-state index in [1.165, 1.54) is 28.2 Å². The number of thiazole rings is 2. The number of hydrogen-bond donors (Lipinski definition) is 1. The number of benzene rings is 1. The van der Waals surface area contributed by atoms with Gasteiger partial charge in [0.2, 0.25) is 0 Å². The number of nitrogens with zero attached hydrogens (tertiary/aromatic N) is 3. The maximum absolute atomic E-state index is 12.8. The third-order valence-corrected chi connectivity index (χ3v) is 7.02. The number of carbonyl (C=O) groups is 1. The van der Waals surface area contributed by atoms with Crippen LogP contribution in [0, 0.1) is 13.8 Å². The fourth-order valence-electron chi connectivity index (χ4n) is 3.74. The van der Waals surface area contributed by atoms with Gasteiger partial charge in [-0.2, -0.15) is 0 Å². The number of aryl methyl sites for hydroxylation is 2. The fraction of sp³-hybridized carbons (Fsp3) is 0.435. The summed E-state index contributed by atoms with van der Waals surface area (Å²) in [4.78, 5) is 24.8. The van der Waals surface area contributed by atoms with Crippen LogP contribution in [0.3, 0.4) is 0 Å². The first-order chi connectivity index (χ1) is 15.4. The summed E-state index contributed by atoms with van der Waals surface area (Å²) in [5, 5.41) is 6.29. The van der Waals surface area contributed by atoms with Crippen molar-refractivity contribution in [3.8, 4) is 5.75 Å². The Hall–Kier alpha value is -2.33. The van der Waals surface area contributed by atoms with E-state index in [1.54, 1.807) is 0 Å². The summed E-state index contributed by atoms with van der Waals surface area (Å²) in [6.45, 7) is 10.9. The predicted octanol–water partition coefficient (Wildman–Crippen LogP) is 4.66. The zero-order valence-electron chi connectivity index (χ0n) is 18.8. The molecule has 170 valence electrons. The zero-order valence-corrected chi connectivity index (χ0v) is 20.4. The Balaban J connectivity index is 1.33. The summed E-state index contributed by atoms with van der Waals surface area (Å²) in [5.74, 6) is 0.602. The van der Waals surface area contributed by atoms with Crippen molar-refractivity contribution in [2.45, 2.75) is 53.1 Å². The van der Waals surface area contributed by atoms with E-state index in [0.717, 1.165) is 36.1 Å². The van der Waals surface area contributed by atoms with Gasteiger partial charge in [0.05, 0.1) is 23.6 Å².